The monoisotopic (exact) mass is 517 g/mol. The SMILES string of the molecule is CN(N)C(Oc1cccc(C(F)(F)F)c1)=C(CC(F)(F)F)C(=O)NC1(c2ccc(C(=O)O)cc2)CC1. The molecule has 1 amide bonds. The van der Waals surface area contributed by atoms with Crippen LogP contribution in [0.25, 0.3) is 0 Å². The summed E-state index contributed by atoms with van der Waals surface area (Å²) >= 11 is 0. The highest BCUT2D eigenvalue weighted by molar-refractivity contribution is 5.95. The maximum atomic E-state index is 13.4. The molecule has 0 heterocycles. The van der Waals surface area contributed by atoms with Gasteiger partial charge in [0.2, 0.25) is 5.88 Å². The number of carboxylic acids is 1. The molecule has 0 spiro atoms. The second-order valence-electron chi connectivity index (χ2n) is 8.23. The summed E-state index contributed by atoms with van der Waals surface area (Å²) in [6.45, 7) is 0. The van der Waals surface area contributed by atoms with Crippen LogP contribution in [0.1, 0.15) is 40.7 Å². The van der Waals surface area contributed by atoms with Gasteiger partial charge in [0.05, 0.1) is 28.7 Å². The lowest BCUT2D eigenvalue weighted by Gasteiger charge is -2.25. The number of nitrogens with two attached hydrogens (primary N) is 1. The number of alkyl halides is 6. The lowest BCUT2D eigenvalue weighted by Crippen LogP contribution is -2.40. The number of amides is 1. The number of ether oxygens (including phenoxy) is 1. The van der Waals surface area contributed by atoms with Crippen LogP contribution < -0.4 is 15.9 Å². The third-order valence-corrected chi connectivity index (χ3v) is 5.39. The van der Waals surface area contributed by atoms with Crippen molar-refractivity contribution in [3.05, 3.63) is 76.7 Å². The number of halogens is 6. The molecule has 1 fully saturated rings. The highest BCUT2D eigenvalue weighted by atomic mass is 19.4. The van der Waals surface area contributed by atoms with Crippen LogP contribution in [-0.2, 0) is 16.5 Å². The fourth-order valence-electron chi connectivity index (χ4n) is 3.48. The largest absolute Gasteiger partial charge is 0.478 e. The second-order valence-corrected chi connectivity index (χ2v) is 8.23. The molecule has 194 valence electrons. The maximum absolute atomic E-state index is 13.4. The number of carboxylic acid groups (broad SMARTS) is 1. The first-order chi connectivity index (χ1) is 16.6. The summed E-state index contributed by atoms with van der Waals surface area (Å²) in [5.41, 5.74) is -2.63. The lowest BCUT2D eigenvalue weighted by atomic mass is 10.0. The van der Waals surface area contributed by atoms with Crippen molar-refractivity contribution in [2.75, 3.05) is 7.05 Å². The maximum Gasteiger partial charge on any atom is 0.416 e. The molecule has 0 aromatic heterocycles. The number of benzene rings is 2. The highest BCUT2D eigenvalue weighted by Gasteiger charge is 2.47. The molecule has 36 heavy (non-hydrogen) atoms. The number of hydrazine groups is 1. The first-order valence-corrected chi connectivity index (χ1v) is 10.4. The molecule has 0 saturated heterocycles. The Morgan fingerprint density at radius 3 is 2.17 bits per heavy atom. The molecule has 1 aliphatic carbocycles. The second kappa shape index (κ2) is 9.72. The summed E-state index contributed by atoms with van der Waals surface area (Å²) in [5.74, 6) is 2.00. The molecule has 13 heteroatoms. The minimum absolute atomic E-state index is 0.0138. The summed E-state index contributed by atoms with van der Waals surface area (Å²) in [7, 11) is 1.07. The smallest absolute Gasteiger partial charge is 0.416 e. The number of rotatable bonds is 8. The summed E-state index contributed by atoms with van der Waals surface area (Å²) in [5, 5.41) is 12.1. The van der Waals surface area contributed by atoms with Crippen molar-refractivity contribution in [2.24, 2.45) is 5.84 Å². The van der Waals surface area contributed by atoms with Gasteiger partial charge < -0.3 is 15.2 Å². The molecule has 2 aromatic carbocycles. The average molecular weight is 517 g/mol. The van der Waals surface area contributed by atoms with Crippen molar-refractivity contribution in [3.63, 3.8) is 0 Å². The quantitative estimate of drug-likeness (QED) is 0.156. The number of nitrogens with zero attached hydrogens (tertiary/aromatic N) is 1. The Hall–Kier alpha value is -3.74. The van der Waals surface area contributed by atoms with E-state index in [4.69, 9.17) is 15.7 Å². The zero-order chi connectivity index (χ0) is 26.9. The molecular formula is C23H21F6N3O4. The topological polar surface area (TPSA) is 105 Å². The van der Waals surface area contributed by atoms with Crippen LogP contribution in [0.15, 0.2) is 60.0 Å². The van der Waals surface area contributed by atoms with Gasteiger partial charge in [-0.05, 0) is 48.7 Å². The number of nitrogens with one attached hydrogen (secondary N) is 1. The lowest BCUT2D eigenvalue weighted by molar-refractivity contribution is -0.137. The Morgan fingerprint density at radius 2 is 1.69 bits per heavy atom. The Kier molecular flexibility index (Phi) is 7.25. The van der Waals surface area contributed by atoms with E-state index in [0.29, 0.717) is 29.5 Å². The zero-order valence-electron chi connectivity index (χ0n) is 18.7. The first-order valence-electron chi connectivity index (χ1n) is 10.4. The number of aromatic carboxylic acids is 1. The van der Waals surface area contributed by atoms with E-state index < -0.39 is 59.0 Å². The molecule has 7 nitrogen and oxygen atoms in total. The van der Waals surface area contributed by atoms with E-state index in [1.54, 1.807) is 0 Å². The molecule has 0 bridgehead atoms. The van der Waals surface area contributed by atoms with Gasteiger partial charge in [0.1, 0.15) is 5.75 Å². The summed E-state index contributed by atoms with van der Waals surface area (Å²) in [6, 6.07) is 8.87. The Bertz CT molecular complexity index is 1170. The van der Waals surface area contributed by atoms with Crippen LogP contribution in [-0.4, -0.2) is 35.2 Å². The van der Waals surface area contributed by atoms with E-state index in [-0.39, 0.29) is 5.56 Å². The van der Waals surface area contributed by atoms with Crippen molar-refractivity contribution in [3.8, 4) is 5.75 Å². The van der Waals surface area contributed by atoms with Gasteiger partial charge in [0.15, 0.2) is 0 Å². The highest BCUT2D eigenvalue weighted by Crippen LogP contribution is 2.46. The molecule has 0 unspecified atom stereocenters. The fourth-order valence-corrected chi connectivity index (χ4v) is 3.48. The van der Waals surface area contributed by atoms with E-state index in [1.807, 2.05) is 0 Å². The standard InChI is InChI=1S/C23H21F6N3O4/c1-32(30)19(36-16-4-2-3-15(11-16)23(27,28)29)17(12-22(24,25)26)18(33)31-21(9-10-21)14-7-5-13(6-8-14)20(34)35/h2-8,11H,9-10,12,30H2,1H3,(H,31,33)(H,34,35). The van der Waals surface area contributed by atoms with E-state index in [1.165, 1.54) is 24.3 Å². The molecule has 1 saturated carbocycles. The van der Waals surface area contributed by atoms with Crippen LogP contribution in [0.3, 0.4) is 0 Å². The Labute approximate surface area is 201 Å². The van der Waals surface area contributed by atoms with Gasteiger partial charge in [0, 0.05) is 7.05 Å². The molecule has 0 aliphatic heterocycles. The van der Waals surface area contributed by atoms with Crippen molar-refractivity contribution in [1.29, 1.82) is 0 Å². The number of carbonyl (C=O) groups excluding carboxylic acids is 1. The minimum atomic E-state index is -4.88. The van der Waals surface area contributed by atoms with Gasteiger partial charge >= 0.3 is 18.3 Å². The van der Waals surface area contributed by atoms with E-state index >= 15 is 0 Å². The summed E-state index contributed by atoms with van der Waals surface area (Å²) in [4.78, 5) is 24.1. The number of hydrogen-bond donors (Lipinski definition) is 3. The van der Waals surface area contributed by atoms with Crippen molar-refractivity contribution in [1.82, 2.24) is 10.3 Å². The van der Waals surface area contributed by atoms with Crippen molar-refractivity contribution < 1.29 is 45.8 Å². The third kappa shape index (κ3) is 6.47. The van der Waals surface area contributed by atoms with Crippen LogP contribution in [0.5, 0.6) is 5.75 Å². The third-order valence-electron chi connectivity index (χ3n) is 5.39. The molecule has 3 rings (SSSR count). The molecular weight excluding hydrogens is 496 g/mol. The predicted octanol–water partition coefficient (Wildman–Crippen LogP) is 4.56. The minimum Gasteiger partial charge on any atom is -0.478 e. The predicted molar refractivity (Wildman–Crippen MR) is 114 cm³/mol. The van der Waals surface area contributed by atoms with E-state index in [0.717, 1.165) is 25.2 Å². The molecule has 2 aromatic rings. The van der Waals surface area contributed by atoms with Crippen LogP contribution in [0.4, 0.5) is 26.3 Å². The summed E-state index contributed by atoms with van der Waals surface area (Å²) in [6.07, 6.45) is -10.7. The van der Waals surface area contributed by atoms with E-state index in [2.05, 4.69) is 5.32 Å². The average Bonchev–Trinajstić information content (AvgIpc) is 3.55. The van der Waals surface area contributed by atoms with Crippen LogP contribution >= 0.6 is 0 Å². The van der Waals surface area contributed by atoms with Gasteiger partial charge in [-0.3, -0.25) is 9.80 Å². The van der Waals surface area contributed by atoms with Gasteiger partial charge in [-0.1, -0.05) is 18.2 Å². The van der Waals surface area contributed by atoms with Crippen LogP contribution in [0, 0.1) is 0 Å². The normalized spacial score (nSPS) is 15.6. The molecule has 0 atom stereocenters. The van der Waals surface area contributed by atoms with E-state index in [9.17, 15) is 35.9 Å². The molecule has 1 aliphatic rings. The zero-order valence-corrected chi connectivity index (χ0v) is 18.7. The van der Waals surface area contributed by atoms with Gasteiger partial charge in [-0.15, -0.1) is 0 Å². The number of hydrogen-bond acceptors (Lipinski definition) is 5. The molecule has 0 radical (unpaired) electrons. The van der Waals surface area contributed by atoms with Crippen molar-refractivity contribution >= 4 is 11.9 Å². The molecule has 4 N–H and O–H groups in total. The van der Waals surface area contributed by atoms with Gasteiger partial charge in [-0.25, -0.2) is 10.6 Å². The summed E-state index contributed by atoms with van der Waals surface area (Å²) < 4.78 is 84.6. The fraction of sp³-hybridized carbons (Fsp3) is 0.304. The van der Waals surface area contributed by atoms with Gasteiger partial charge in [-0.2, -0.15) is 26.3 Å². The first kappa shape index (κ1) is 26.9. The van der Waals surface area contributed by atoms with Crippen molar-refractivity contribution in [2.45, 2.75) is 37.2 Å². The Balaban J connectivity index is 1.97. The number of carbonyl (C=O) groups is 2. The van der Waals surface area contributed by atoms with Crippen LogP contribution in [0.2, 0.25) is 0 Å². The Morgan fingerprint density at radius 1 is 1.08 bits per heavy atom. The van der Waals surface area contributed by atoms with Gasteiger partial charge in [0.25, 0.3) is 5.91 Å².